The van der Waals surface area contributed by atoms with Crippen molar-refractivity contribution < 1.29 is 9.53 Å². The number of carbonyl (C=O) groups is 1. The molecular formula is C13H11N3O2. The van der Waals surface area contributed by atoms with Crippen LogP contribution in [0.15, 0.2) is 30.3 Å². The summed E-state index contributed by atoms with van der Waals surface area (Å²) in [5.41, 5.74) is 5.94. The summed E-state index contributed by atoms with van der Waals surface area (Å²) in [7, 11) is 0. The van der Waals surface area contributed by atoms with Crippen molar-refractivity contribution in [2.24, 2.45) is 5.73 Å². The summed E-state index contributed by atoms with van der Waals surface area (Å²) in [4.78, 5) is 15.3. The third-order valence-electron chi connectivity index (χ3n) is 2.42. The lowest BCUT2D eigenvalue weighted by Gasteiger charge is -2.11. The highest BCUT2D eigenvalue weighted by Gasteiger charge is 2.12. The number of fused-ring (bicyclic) bond motifs is 1. The predicted octanol–water partition coefficient (Wildman–Crippen LogP) is 1.62. The number of nitrogens with two attached hydrogens (primary N) is 1. The molecule has 5 nitrogen and oxygen atoms in total. The van der Waals surface area contributed by atoms with Gasteiger partial charge >= 0.3 is 0 Å². The van der Waals surface area contributed by atoms with E-state index in [1.807, 2.05) is 18.2 Å². The molecule has 2 aromatic rings. The highest BCUT2D eigenvalue weighted by atomic mass is 16.5. The lowest BCUT2D eigenvalue weighted by Crippen LogP contribution is -2.15. The first kappa shape index (κ1) is 11.9. The minimum absolute atomic E-state index is 0.119. The zero-order valence-corrected chi connectivity index (χ0v) is 9.75. The number of hydrogen-bond donors (Lipinski definition) is 1. The maximum atomic E-state index is 11.2. The van der Waals surface area contributed by atoms with E-state index in [1.165, 1.54) is 6.07 Å². The van der Waals surface area contributed by atoms with E-state index >= 15 is 0 Å². The molecular weight excluding hydrogens is 230 g/mol. The van der Waals surface area contributed by atoms with Crippen molar-refractivity contribution in [2.75, 3.05) is 0 Å². The highest BCUT2D eigenvalue weighted by Crippen LogP contribution is 2.26. The Morgan fingerprint density at radius 1 is 1.50 bits per heavy atom. The van der Waals surface area contributed by atoms with Crippen LogP contribution in [0.5, 0.6) is 5.75 Å². The second-order valence-electron chi connectivity index (χ2n) is 3.78. The molecule has 0 spiro atoms. The van der Waals surface area contributed by atoms with E-state index in [1.54, 1.807) is 19.1 Å². The molecule has 1 unspecified atom stereocenters. The molecule has 0 radical (unpaired) electrons. The molecule has 1 heterocycles. The van der Waals surface area contributed by atoms with E-state index in [2.05, 4.69) is 4.98 Å². The molecule has 0 saturated heterocycles. The predicted molar refractivity (Wildman–Crippen MR) is 66.0 cm³/mol. The number of carbonyl (C=O) groups excluding carboxylic acids is 1. The molecule has 2 N–H and O–H groups in total. The third kappa shape index (κ3) is 2.23. The van der Waals surface area contributed by atoms with Gasteiger partial charge in [-0.3, -0.25) is 4.79 Å². The van der Waals surface area contributed by atoms with Gasteiger partial charge in [-0.05, 0) is 19.1 Å². The number of rotatable bonds is 3. The number of ether oxygens (including phenoxy) is 1. The molecule has 0 aliphatic carbocycles. The Kier molecular flexibility index (Phi) is 3.11. The fraction of sp³-hybridized carbons (Fsp3) is 0.154. The number of nitriles is 1. The van der Waals surface area contributed by atoms with Crippen molar-refractivity contribution in [1.82, 2.24) is 4.98 Å². The van der Waals surface area contributed by atoms with E-state index in [-0.39, 0.29) is 5.69 Å². The summed E-state index contributed by atoms with van der Waals surface area (Å²) < 4.78 is 5.46. The minimum atomic E-state index is -0.629. The fourth-order valence-corrected chi connectivity index (χ4v) is 1.58. The van der Waals surface area contributed by atoms with Crippen LogP contribution < -0.4 is 10.5 Å². The lowest BCUT2D eigenvalue weighted by atomic mass is 10.1. The van der Waals surface area contributed by atoms with Crippen molar-refractivity contribution >= 4 is 16.8 Å². The number of amides is 1. The van der Waals surface area contributed by atoms with Gasteiger partial charge in [-0.2, -0.15) is 5.26 Å². The van der Waals surface area contributed by atoms with Gasteiger partial charge in [0, 0.05) is 11.5 Å². The smallest absolute Gasteiger partial charge is 0.267 e. The third-order valence-corrected chi connectivity index (χ3v) is 2.42. The van der Waals surface area contributed by atoms with Gasteiger partial charge in [-0.1, -0.05) is 12.1 Å². The molecule has 1 amide bonds. The topological polar surface area (TPSA) is 89.0 Å². The van der Waals surface area contributed by atoms with Crippen LogP contribution in [0.25, 0.3) is 10.9 Å². The summed E-state index contributed by atoms with van der Waals surface area (Å²) in [5, 5.41) is 9.50. The summed E-state index contributed by atoms with van der Waals surface area (Å²) in [5.74, 6) is -0.196. The number of nitrogens with zero attached hydrogens (tertiary/aromatic N) is 2. The van der Waals surface area contributed by atoms with Gasteiger partial charge in [-0.25, -0.2) is 4.98 Å². The second-order valence-corrected chi connectivity index (χ2v) is 3.78. The Morgan fingerprint density at radius 3 is 2.89 bits per heavy atom. The SMILES string of the molecule is CC(C#N)Oc1cc(C(N)=O)nc2ccccc12. The summed E-state index contributed by atoms with van der Waals surface area (Å²) in [6, 6.07) is 10.6. The summed E-state index contributed by atoms with van der Waals surface area (Å²) >= 11 is 0. The van der Waals surface area contributed by atoms with Gasteiger partial charge < -0.3 is 10.5 Å². The second kappa shape index (κ2) is 4.72. The molecule has 90 valence electrons. The Labute approximate surface area is 104 Å². The van der Waals surface area contributed by atoms with E-state index in [0.29, 0.717) is 11.3 Å². The Morgan fingerprint density at radius 2 is 2.22 bits per heavy atom. The standard InChI is InChI=1S/C13H11N3O2/c1-8(7-14)18-12-6-11(13(15)17)16-10-5-3-2-4-9(10)12/h2-6,8H,1H3,(H2,15,17). The molecule has 18 heavy (non-hydrogen) atoms. The Balaban J connectivity index is 2.61. The fourth-order valence-electron chi connectivity index (χ4n) is 1.58. The average molecular weight is 241 g/mol. The van der Waals surface area contributed by atoms with Crippen LogP contribution in [0.1, 0.15) is 17.4 Å². The molecule has 0 aliphatic rings. The van der Waals surface area contributed by atoms with E-state index in [0.717, 1.165) is 5.39 Å². The minimum Gasteiger partial charge on any atom is -0.475 e. The van der Waals surface area contributed by atoms with Crippen molar-refractivity contribution in [2.45, 2.75) is 13.0 Å². The molecule has 1 aromatic carbocycles. The highest BCUT2D eigenvalue weighted by molar-refractivity contribution is 5.96. The molecule has 0 aliphatic heterocycles. The van der Waals surface area contributed by atoms with Crippen LogP contribution in [-0.4, -0.2) is 17.0 Å². The van der Waals surface area contributed by atoms with Crippen LogP contribution >= 0.6 is 0 Å². The maximum absolute atomic E-state index is 11.2. The summed E-state index contributed by atoms with van der Waals surface area (Å²) in [6.07, 6.45) is -0.614. The average Bonchev–Trinajstić information content (AvgIpc) is 2.38. The first-order chi connectivity index (χ1) is 8.61. The molecule has 1 aromatic heterocycles. The number of pyridine rings is 1. The number of hydrogen-bond acceptors (Lipinski definition) is 4. The van der Waals surface area contributed by atoms with Crippen molar-refractivity contribution in [1.29, 1.82) is 5.26 Å². The van der Waals surface area contributed by atoms with Gasteiger partial charge in [0.15, 0.2) is 6.10 Å². The zero-order chi connectivity index (χ0) is 13.1. The van der Waals surface area contributed by atoms with Crippen LogP contribution in [0, 0.1) is 11.3 Å². The molecule has 1 atom stereocenters. The lowest BCUT2D eigenvalue weighted by molar-refractivity contribution is 0.0995. The van der Waals surface area contributed by atoms with Gasteiger partial charge in [-0.15, -0.1) is 0 Å². The first-order valence-electron chi connectivity index (χ1n) is 5.37. The first-order valence-corrected chi connectivity index (χ1v) is 5.37. The van der Waals surface area contributed by atoms with Crippen LogP contribution in [0.4, 0.5) is 0 Å². The largest absolute Gasteiger partial charge is 0.475 e. The molecule has 0 fully saturated rings. The number of para-hydroxylation sites is 1. The number of benzene rings is 1. The van der Waals surface area contributed by atoms with E-state index in [4.69, 9.17) is 15.7 Å². The van der Waals surface area contributed by atoms with Crippen molar-refractivity contribution in [3.8, 4) is 11.8 Å². The van der Waals surface area contributed by atoms with Crippen molar-refractivity contribution in [3.05, 3.63) is 36.0 Å². The molecule has 0 saturated carbocycles. The van der Waals surface area contributed by atoms with Crippen LogP contribution in [0.2, 0.25) is 0 Å². The van der Waals surface area contributed by atoms with Gasteiger partial charge in [0.05, 0.1) is 5.52 Å². The molecule has 2 rings (SSSR count). The Hall–Kier alpha value is -2.61. The van der Waals surface area contributed by atoms with E-state index < -0.39 is 12.0 Å². The zero-order valence-electron chi connectivity index (χ0n) is 9.75. The maximum Gasteiger partial charge on any atom is 0.267 e. The quantitative estimate of drug-likeness (QED) is 0.884. The molecule has 0 bridgehead atoms. The summed E-state index contributed by atoms with van der Waals surface area (Å²) in [6.45, 7) is 1.62. The van der Waals surface area contributed by atoms with E-state index in [9.17, 15) is 4.79 Å². The Bertz CT molecular complexity index is 646. The monoisotopic (exact) mass is 241 g/mol. The van der Waals surface area contributed by atoms with Crippen LogP contribution in [0.3, 0.4) is 0 Å². The number of primary amides is 1. The number of aromatic nitrogens is 1. The van der Waals surface area contributed by atoms with Gasteiger partial charge in [0.25, 0.3) is 5.91 Å². The normalized spacial score (nSPS) is 11.8. The van der Waals surface area contributed by atoms with Crippen molar-refractivity contribution in [3.63, 3.8) is 0 Å². The van der Waals surface area contributed by atoms with Crippen LogP contribution in [-0.2, 0) is 0 Å². The van der Waals surface area contributed by atoms with Gasteiger partial charge in [0.1, 0.15) is 17.5 Å². The van der Waals surface area contributed by atoms with Gasteiger partial charge in [0.2, 0.25) is 0 Å². The molecule has 5 heteroatoms.